The molecule has 0 spiro atoms. The van der Waals surface area contributed by atoms with Crippen LogP contribution < -0.4 is 10.6 Å². The van der Waals surface area contributed by atoms with Crippen LogP contribution in [0.2, 0.25) is 0 Å². The number of rotatable bonds is 8. The molecule has 1 heterocycles. The Balaban J connectivity index is 0.00000392. The first kappa shape index (κ1) is 24.6. The normalized spacial score (nSPS) is 17.1. The van der Waals surface area contributed by atoms with Gasteiger partial charge in [-0.3, -0.25) is 9.69 Å². The molecular formula is C20H33FIN5O. The van der Waals surface area contributed by atoms with Crippen LogP contribution >= 0.6 is 24.0 Å². The zero-order valence-corrected chi connectivity index (χ0v) is 19.4. The van der Waals surface area contributed by atoms with Gasteiger partial charge in [0.05, 0.1) is 12.6 Å². The van der Waals surface area contributed by atoms with Crippen LogP contribution in [-0.4, -0.2) is 68.0 Å². The summed E-state index contributed by atoms with van der Waals surface area (Å²) < 4.78 is 13.7. The molecule has 0 bridgehead atoms. The summed E-state index contributed by atoms with van der Waals surface area (Å²) in [6.45, 7) is 5.66. The first-order valence-corrected chi connectivity index (χ1v) is 9.73. The minimum atomic E-state index is -0.234. The fourth-order valence-electron chi connectivity index (χ4n) is 3.29. The highest BCUT2D eigenvalue weighted by Gasteiger charge is 2.30. The summed E-state index contributed by atoms with van der Waals surface area (Å²) in [5.41, 5.74) is 0.580. The minimum Gasteiger partial charge on any atom is -0.357 e. The maximum Gasteiger partial charge on any atom is 0.239 e. The lowest BCUT2D eigenvalue weighted by Crippen LogP contribution is -2.44. The Kier molecular flexibility index (Phi) is 11.4. The second-order valence-electron chi connectivity index (χ2n) is 6.99. The van der Waals surface area contributed by atoms with E-state index in [4.69, 9.17) is 0 Å². The Labute approximate surface area is 185 Å². The molecule has 1 fully saturated rings. The van der Waals surface area contributed by atoms with Gasteiger partial charge in [-0.05, 0) is 38.8 Å². The molecule has 0 radical (unpaired) electrons. The average Bonchev–Trinajstić information content (AvgIpc) is 3.11. The van der Waals surface area contributed by atoms with Crippen LogP contribution in [0.15, 0.2) is 29.3 Å². The van der Waals surface area contributed by atoms with Crippen molar-refractivity contribution in [3.05, 3.63) is 35.6 Å². The molecule has 1 aromatic carbocycles. The quantitative estimate of drug-likeness (QED) is 0.247. The number of halogens is 2. The third kappa shape index (κ3) is 7.54. The van der Waals surface area contributed by atoms with E-state index in [0.29, 0.717) is 18.1 Å². The predicted octanol–water partition coefficient (Wildman–Crippen LogP) is 2.44. The Morgan fingerprint density at radius 2 is 2.07 bits per heavy atom. The molecule has 2 rings (SSSR count). The number of amides is 1. The largest absolute Gasteiger partial charge is 0.357 e. The minimum absolute atomic E-state index is 0. The summed E-state index contributed by atoms with van der Waals surface area (Å²) in [4.78, 5) is 20.6. The van der Waals surface area contributed by atoms with Crippen LogP contribution in [0, 0.1) is 5.82 Å². The Bertz CT molecular complexity index is 641. The molecule has 1 unspecified atom stereocenters. The second-order valence-corrected chi connectivity index (χ2v) is 6.99. The van der Waals surface area contributed by atoms with Crippen LogP contribution in [0.5, 0.6) is 0 Å². The SMILES string of the molecule is CCNC(=NCc1ccccc1F)NCCCN1CCCC1C(=O)N(C)C.I. The van der Waals surface area contributed by atoms with E-state index in [1.807, 2.05) is 27.1 Å². The average molecular weight is 505 g/mol. The zero-order chi connectivity index (χ0) is 19.6. The van der Waals surface area contributed by atoms with Crippen molar-refractivity contribution in [3.63, 3.8) is 0 Å². The van der Waals surface area contributed by atoms with E-state index in [9.17, 15) is 9.18 Å². The van der Waals surface area contributed by atoms with E-state index in [1.165, 1.54) is 6.07 Å². The molecule has 2 N–H and O–H groups in total. The summed E-state index contributed by atoms with van der Waals surface area (Å²) >= 11 is 0. The van der Waals surface area contributed by atoms with Crippen LogP contribution in [0.3, 0.4) is 0 Å². The number of nitrogens with zero attached hydrogens (tertiary/aromatic N) is 3. The van der Waals surface area contributed by atoms with E-state index in [2.05, 4.69) is 20.5 Å². The van der Waals surface area contributed by atoms with E-state index < -0.39 is 0 Å². The van der Waals surface area contributed by atoms with Crippen molar-refractivity contribution in [2.24, 2.45) is 4.99 Å². The summed E-state index contributed by atoms with van der Waals surface area (Å²) in [5.74, 6) is 0.645. The molecule has 0 saturated carbocycles. The number of likely N-dealkylation sites (N-methyl/N-ethyl adjacent to an activating group) is 1. The lowest BCUT2D eigenvalue weighted by molar-refractivity contribution is -0.133. The highest BCUT2D eigenvalue weighted by Crippen LogP contribution is 2.18. The van der Waals surface area contributed by atoms with E-state index in [0.717, 1.165) is 45.4 Å². The fraction of sp³-hybridized carbons (Fsp3) is 0.600. The molecule has 8 heteroatoms. The second kappa shape index (κ2) is 12.9. The standard InChI is InChI=1S/C20H32FN5O.HI/c1-4-22-20(24-15-16-9-5-6-10-17(16)21)23-12-8-14-26-13-7-11-18(26)19(27)25(2)3;/h5-6,9-10,18H,4,7-8,11-15H2,1-3H3,(H2,22,23,24);1H. The van der Waals surface area contributed by atoms with Gasteiger partial charge >= 0.3 is 0 Å². The van der Waals surface area contributed by atoms with Crippen molar-refractivity contribution in [3.8, 4) is 0 Å². The van der Waals surface area contributed by atoms with Gasteiger partial charge in [0.15, 0.2) is 5.96 Å². The third-order valence-corrected chi connectivity index (χ3v) is 4.71. The van der Waals surface area contributed by atoms with Gasteiger partial charge in [-0.15, -0.1) is 24.0 Å². The van der Waals surface area contributed by atoms with Gasteiger partial charge in [0.2, 0.25) is 5.91 Å². The molecule has 1 amide bonds. The first-order chi connectivity index (χ1) is 13.0. The third-order valence-electron chi connectivity index (χ3n) is 4.71. The van der Waals surface area contributed by atoms with Crippen molar-refractivity contribution < 1.29 is 9.18 Å². The lowest BCUT2D eigenvalue weighted by atomic mass is 10.2. The van der Waals surface area contributed by atoms with E-state index in [1.54, 1.807) is 17.0 Å². The lowest BCUT2D eigenvalue weighted by Gasteiger charge is -2.26. The zero-order valence-electron chi connectivity index (χ0n) is 17.1. The smallest absolute Gasteiger partial charge is 0.239 e. The monoisotopic (exact) mass is 505 g/mol. The maximum atomic E-state index is 13.7. The summed E-state index contributed by atoms with van der Waals surface area (Å²) in [7, 11) is 3.63. The van der Waals surface area contributed by atoms with E-state index >= 15 is 0 Å². The summed E-state index contributed by atoms with van der Waals surface area (Å²) in [6, 6.07) is 6.71. The number of hydrogen-bond acceptors (Lipinski definition) is 3. The number of benzene rings is 1. The topological polar surface area (TPSA) is 60.0 Å². The molecule has 1 aliphatic rings. The molecular weight excluding hydrogens is 472 g/mol. The molecule has 158 valence electrons. The molecule has 1 aliphatic heterocycles. The van der Waals surface area contributed by atoms with Crippen LogP contribution in [0.25, 0.3) is 0 Å². The van der Waals surface area contributed by atoms with Gasteiger partial charge in [-0.1, -0.05) is 18.2 Å². The van der Waals surface area contributed by atoms with Crippen LogP contribution in [0.1, 0.15) is 31.7 Å². The predicted molar refractivity (Wildman–Crippen MR) is 123 cm³/mol. The van der Waals surface area contributed by atoms with Crippen molar-refractivity contribution >= 4 is 35.8 Å². The molecule has 1 saturated heterocycles. The molecule has 1 aromatic rings. The fourth-order valence-corrected chi connectivity index (χ4v) is 3.29. The maximum absolute atomic E-state index is 13.7. The number of nitrogens with one attached hydrogen (secondary N) is 2. The number of likely N-dealkylation sites (tertiary alicyclic amines) is 1. The number of aliphatic imine (C=N–C) groups is 1. The summed E-state index contributed by atoms with van der Waals surface area (Å²) in [5, 5.41) is 6.48. The number of guanidine groups is 1. The first-order valence-electron chi connectivity index (χ1n) is 9.73. The van der Waals surface area contributed by atoms with Gasteiger partial charge in [-0.25, -0.2) is 9.38 Å². The van der Waals surface area contributed by atoms with Gasteiger partial charge < -0.3 is 15.5 Å². The Morgan fingerprint density at radius 1 is 1.32 bits per heavy atom. The van der Waals surface area contributed by atoms with Gasteiger partial charge in [-0.2, -0.15) is 0 Å². The highest BCUT2D eigenvalue weighted by atomic mass is 127. The summed E-state index contributed by atoms with van der Waals surface area (Å²) in [6.07, 6.45) is 2.93. The molecule has 6 nitrogen and oxygen atoms in total. The van der Waals surface area contributed by atoms with Crippen molar-refractivity contribution in [2.75, 3.05) is 40.3 Å². The Morgan fingerprint density at radius 3 is 2.75 bits per heavy atom. The van der Waals surface area contributed by atoms with Crippen LogP contribution in [-0.2, 0) is 11.3 Å². The molecule has 28 heavy (non-hydrogen) atoms. The molecule has 0 aliphatic carbocycles. The molecule has 1 atom stereocenters. The molecule has 0 aromatic heterocycles. The van der Waals surface area contributed by atoms with Crippen LogP contribution in [0.4, 0.5) is 4.39 Å². The highest BCUT2D eigenvalue weighted by molar-refractivity contribution is 14.0. The number of carbonyl (C=O) groups excluding carboxylic acids is 1. The van der Waals surface area contributed by atoms with Crippen molar-refractivity contribution in [2.45, 2.75) is 38.8 Å². The van der Waals surface area contributed by atoms with Gasteiger partial charge in [0.25, 0.3) is 0 Å². The number of hydrogen-bond donors (Lipinski definition) is 2. The number of carbonyl (C=O) groups is 1. The van der Waals surface area contributed by atoms with E-state index in [-0.39, 0.29) is 41.7 Å². The van der Waals surface area contributed by atoms with Crippen molar-refractivity contribution in [1.82, 2.24) is 20.4 Å². The van der Waals surface area contributed by atoms with Crippen molar-refractivity contribution in [1.29, 1.82) is 0 Å². The Hall–Kier alpha value is -1.42. The van der Waals surface area contributed by atoms with Gasteiger partial charge in [0.1, 0.15) is 5.82 Å². The van der Waals surface area contributed by atoms with Gasteiger partial charge in [0, 0.05) is 39.3 Å².